The molecule has 1 aromatic carbocycles. The maximum Gasteiger partial charge on any atom is 0.253 e. The maximum absolute atomic E-state index is 13.1. The van der Waals surface area contributed by atoms with E-state index >= 15 is 0 Å². The van der Waals surface area contributed by atoms with E-state index in [1.807, 2.05) is 47.1 Å². The Morgan fingerprint density at radius 1 is 1.10 bits per heavy atom. The number of hydrogen-bond donors (Lipinski definition) is 1. The van der Waals surface area contributed by atoms with Crippen molar-refractivity contribution in [2.75, 3.05) is 26.2 Å². The smallest absolute Gasteiger partial charge is 0.253 e. The molecule has 3 fully saturated rings. The average Bonchev–Trinajstić information content (AvgIpc) is 3.55. The number of nitrogens with zero attached hydrogens (tertiary/aromatic N) is 4. The second-order valence-corrected chi connectivity index (χ2v) is 9.61. The zero-order valence-electron chi connectivity index (χ0n) is 18.2. The van der Waals surface area contributed by atoms with E-state index in [0.29, 0.717) is 38.2 Å². The number of carbonyl (C=O) groups excluding carboxylic acids is 2. The molecule has 2 aromatic rings. The summed E-state index contributed by atoms with van der Waals surface area (Å²) in [4.78, 5) is 34.7. The third-order valence-electron chi connectivity index (χ3n) is 7.55. The Balaban J connectivity index is 1.33. The number of aryl methyl sites for hydroxylation is 1. The predicted octanol–water partition coefficient (Wildman–Crippen LogP) is 2.94. The van der Waals surface area contributed by atoms with Crippen molar-refractivity contribution in [1.82, 2.24) is 25.0 Å². The number of fused-ring (bicyclic) bond motifs is 1. The fourth-order valence-corrected chi connectivity index (χ4v) is 5.84. The number of aromatic amines is 1. The van der Waals surface area contributed by atoms with E-state index in [0.717, 1.165) is 24.0 Å². The maximum atomic E-state index is 13.1. The highest BCUT2D eigenvalue weighted by Crippen LogP contribution is 2.44. The standard InChI is InChI=1S/C24H31N5O2/c1-17-25-23(27-26-17)24-15-28(21(30)12-11-18-7-5-6-8-18)13-20(24)14-29(16-24)22(31)19-9-3-2-4-10-19/h2-4,9-10,18,20H,5-8,11-16H2,1H3,(H,25,26,27)/t20-,24-/m1/s1. The molecule has 7 nitrogen and oxygen atoms in total. The van der Waals surface area contributed by atoms with E-state index < -0.39 is 5.41 Å². The van der Waals surface area contributed by atoms with E-state index in [1.165, 1.54) is 25.7 Å². The fraction of sp³-hybridized carbons (Fsp3) is 0.583. The Hall–Kier alpha value is -2.70. The van der Waals surface area contributed by atoms with Gasteiger partial charge in [-0.3, -0.25) is 14.7 Å². The number of benzene rings is 1. The first kappa shape index (κ1) is 20.2. The van der Waals surface area contributed by atoms with Crippen LogP contribution in [-0.4, -0.2) is 63.0 Å². The van der Waals surface area contributed by atoms with Crippen LogP contribution in [0.4, 0.5) is 0 Å². The Morgan fingerprint density at radius 2 is 1.81 bits per heavy atom. The molecule has 164 valence electrons. The van der Waals surface area contributed by atoms with Gasteiger partial charge in [-0.1, -0.05) is 43.9 Å². The first-order valence-electron chi connectivity index (χ1n) is 11.6. The minimum absolute atomic E-state index is 0.0424. The lowest BCUT2D eigenvalue weighted by molar-refractivity contribution is -0.130. The molecule has 2 atom stereocenters. The number of likely N-dealkylation sites (tertiary alicyclic amines) is 2. The lowest BCUT2D eigenvalue weighted by atomic mass is 9.80. The molecular formula is C24H31N5O2. The van der Waals surface area contributed by atoms with Crippen LogP contribution in [0.1, 0.15) is 60.5 Å². The number of amides is 2. The van der Waals surface area contributed by atoms with Gasteiger partial charge < -0.3 is 9.80 Å². The molecule has 1 aliphatic carbocycles. The van der Waals surface area contributed by atoms with Crippen molar-refractivity contribution in [3.05, 3.63) is 47.5 Å². The van der Waals surface area contributed by atoms with Gasteiger partial charge in [0.1, 0.15) is 5.82 Å². The number of aromatic nitrogens is 3. The van der Waals surface area contributed by atoms with E-state index in [2.05, 4.69) is 15.2 Å². The molecular weight excluding hydrogens is 390 g/mol. The van der Waals surface area contributed by atoms with Crippen molar-refractivity contribution < 1.29 is 9.59 Å². The molecule has 0 radical (unpaired) electrons. The minimum Gasteiger partial charge on any atom is -0.341 e. The van der Waals surface area contributed by atoms with Crippen LogP contribution in [0.25, 0.3) is 0 Å². The van der Waals surface area contributed by atoms with Crippen molar-refractivity contribution in [3.8, 4) is 0 Å². The van der Waals surface area contributed by atoms with Crippen LogP contribution >= 0.6 is 0 Å². The first-order chi connectivity index (χ1) is 15.0. The van der Waals surface area contributed by atoms with Gasteiger partial charge in [-0.15, -0.1) is 0 Å². The molecule has 31 heavy (non-hydrogen) atoms. The van der Waals surface area contributed by atoms with Crippen molar-refractivity contribution in [2.24, 2.45) is 11.8 Å². The molecule has 1 saturated carbocycles. The first-order valence-corrected chi connectivity index (χ1v) is 11.6. The quantitative estimate of drug-likeness (QED) is 0.805. The van der Waals surface area contributed by atoms with Gasteiger partial charge >= 0.3 is 0 Å². The lowest BCUT2D eigenvalue weighted by Gasteiger charge is -2.27. The molecule has 3 heterocycles. The fourth-order valence-electron chi connectivity index (χ4n) is 5.84. The number of carbonyl (C=O) groups is 2. The topological polar surface area (TPSA) is 82.2 Å². The highest BCUT2D eigenvalue weighted by atomic mass is 16.2. The summed E-state index contributed by atoms with van der Waals surface area (Å²) >= 11 is 0. The highest BCUT2D eigenvalue weighted by Gasteiger charge is 2.57. The van der Waals surface area contributed by atoms with E-state index in [4.69, 9.17) is 0 Å². The minimum atomic E-state index is -0.391. The molecule has 0 spiro atoms. The van der Waals surface area contributed by atoms with Crippen LogP contribution in [-0.2, 0) is 10.2 Å². The summed E-state index contributed by atoms with van der Waals surface area (Å²) in [5, 5.41) is 7.46. The van der Waals surface area contributed by atoms with Crippen LogP contribution in [0.3, 0.4) is 0 Å². The SMILES string of the molecule is Cc1nc([C@@]23CN(C(=O)CCC4CCCC4)C[C@@H]2CN(C(=O)c2ccccc2)C3)n[nH]1. The second-order valence-electron chi connectivity index (χ2n) is 9.61. The molecule has 0 unspecified atom stereocenters. The number of nitrogens with one attached hydrogen (secondary N) is 1. The average molecular weight is 422 g/mol. The largest absolute Gasteiger partial charge is 0.341 e. The zero-order chi connectivity index (χ0) is 21.4. The van der Waals surface area contributed by atoms with Gasteiger partial charge in [0.15, 0.2) is 5.82 Å². The van der Waals surface area contributed by atoms with Crippen LogP contribution in [0.5, 0.6) is 0 Å². The van der Waals surface area contributed by atoms with Crippen LogP contribution in [0.15, 0.2) is 30.3 Å². The molecule has 2 saturated heterocycles. The Morgan fingerprint density at radius 3 is 2.52 bits per heavy atom. The Labute approximate surface area is 183 Å². The second kappa shape index (κ2) is 8.09. The summed E-state index contributed by atoms with van der Waals surface area (Å²) in [5.41, 5.74) is 0.311. The number of H-pyrrole nitrogens is 1. The summed E-state index contributed by atoms with van der Waals surface area (Å²) in [6.45, 7) is 4.35. The normalized spacial score (nSPS) is 25.9. The molecule has 5 rings (SSSR count). The van der Waals surface area contributed by atoms with Crippen LogP contribution in [0.2, 0.25) is 0 Å². The predicted molar refractivity (Wildman–Crippen MR) is 116 cm³/mol. The molecule has 1 aromatic heterocycles. The number of hydrogen-bond acceptors (Lipinski definition) is 4. The third-order valence-corrected chi connectivity index (χ3v) is 7.55. The van der Waals surface area contributed by atoms with Crippen molar-refractivity contribution >= 4 is 11.8 Å². The van der Waals surface area contributed by atoms with E-state index in [9.17, 15) is 9.59 Å². The van der Waals surface area contributed by atoms with Crippen molar-refractivity contribution in [2.45, 2.75) is 50.9 Å². The number of rotatable bonds is 5. The van der Waals surface area contributed by atoms with Gasteiger partial charge in [-0.25, -0.2) is 4.98 Å². The molecule has 0 bridgehead atoms. The zero-order valence-corrected chi connectivity index (χ0v) is 18.2. The highest BCUT2D eigenvalue weighted by molar-refractivity contribution is 5.94. The molecule has 3 aliphatic rings. The van der Waals surface area contributed by atoms with Crippen molar-refractivity contribution in [3.63, 3.8) is 0 Å². The Bertz CT molecular complexity index is 952. The summed E-state index contributed by atoms with van der Waals surface area (Å²) in [7, 11) is 0. The van der Waals surface area contributed by atoms with Crippen LogP contribution < -0.4 is 0 Å². The molecule has 1 N–H and O–H groups in total. The van der Waals surface area contributed by atoms with Gasteiger partial charge in [-0.05, 0) is 31.4 Å². The lowest BCUT2D eigenvalue weighted by Crippen LogP contribution is -2.41. The van der Waals surface area contributed by atoms with Crippen molar-refractivity contribution in [1.29, 1.82) is 0 Å². The molecule has 2 aliphatic heterocycles. The third kappa shape index (κ3) is 3.75. The van der Waals surface area contributed by atoms with Gasteiger partial charge in [0.2, 0.25) is 5.91 Å². The van der Waals surface area contributed by atoms with Gasteiger partial charge in [0.05, 0.1) is 5.41 Å². The van der Waals surface area contributed by atoms with Gasteiger partial charge in [-0.2, -0.15) is 5.10 Å². The van der Waals surface area contributed by atoms with Crippen LogP contribution in [0, 0.1) is 18.8 Å². The van der Waals surface area contributed by atoms with Gasteiger partial charge in [0.25, 0.3) is 5.91 Å². The Kier molecular flexibility index (Phi) is 5.28. The molecule has 7 heteroatoms. The van der Waals surface area contributed by atoms with Gasteiger partial charge in [0, 0.05) is 44.1 Å². The summed E-state index contributed by atoms with van der Waals surface area (Å²) in [6.07, 6.45) is 6.80. The summed E-state index contributed by atoms with van der Waals surface area (Å²) < 4.78 is 0. The van der Waals surface area contributed by atoms with E-state index in [1.54, 1.807) is 0 Å². The monoisotopic (exact) mass is 421 g/mol. The summed E-state index contributed by atoms with van der Waals surface area (Å²) in [5.74, 6) is 2.67. The molecule has 2 amide bonds. The summed E-state index contributed by atoms with van der Waals surface area (Å²) in [6, 6.07) is 9.42. The van der Waals surface area contributed by atoms with E-state index in [-0.39, 0.29) is 17.7 Å².